The Morgan fingerprint density at radius 3 is 2.75 bits per heavy atom. The summed E-state index contributed by atoms with van der Waals surface area (Å²) >= 11 is 7.62. The molecule has 1 aromatic heterocycles. The number of fused-ring (bicyclic) bond motifs is 1. The Bertz CT molecular complexity index is 644. The third-order valence-electron chi connectivity index (χ3n) is 2.94. The fraction of sp³-hybridized carbons (Fsp3) is 0.286. The Kier molecular flexibility index (Phi) is 6.11. The first-order chi connectivity index (χ1) is 9.04. The Balaban J connectivity index is 0.00000200. The van der Waals surface area contributed by atoms with Crippen LogP contribution in [0.25, 0.3) is 10.9 Å². The molecule has 4 N–H and O–H groups in total. The van der Waals surface area contributed by atoms with E-state index in [0.717, 1.165) is 34.3 Å². The Hall–Kier alpha value is -0.970. The minimum Gasteiger partial charge on any atom is -1.00 e. The van der Waals surface area contributed by atoms with Gasteiger partial charge in [-0.3, -0.25) is 16.1 Å². The molecule has 3 nitrogen and oxygen atoms in total. The summed E-state index contributed by atoms with van der Waals surface area (Å²) in [6.07, 6.45) is 2.00. The second kappa shape index (κ2) is 7.16. The number of amidine groups is 1. The molecule has 0 aliphatic carbocycles. The summed E-state index contributed by atoms with van der Waals surface area (Å²) in [4.78, 5) is 5.70. The summed E-state index contributed by atoms with van der Waals surface area (Å²) in [5.74, 6) is 0. The maximum atomic E-state index is 6.23. The molecule has 0 fully saturated rings. The molecule has 2 aromatic rings. The molecule has 1 aromatic carbocycles. The molecular weight excluding hydrogens is 313 g/mol. The van der Waals surface area contributed by atoms with Crippen LogP contribution < -0.4 is 23.5 Å². The van der Waals surface area contributed by atoms with Gasteiger partial charge >= 0.3 is 5.17 Å². The van der Waals surface area contributed by atoms with E-state index < -0.39 is 0 Å². The number of pyridine rings is 1. The Morgan fingerprint density at radius 2 is 2.15 bits per heavy atom. The molecule has 0 atom stereocenters. The van der Waals surface area contributed by atoms with Crippen molar-refractivity contribution in [3.63, 3.8) is 0 Å². The molecule has 2 rings (SSSR count). The fourth-order valence-corrected chi connectivity index (χ4v) is 3.25. The lowest BCUT2D eigenvalue weighted by Gasteiger charge is -2.13. The van der Waals surface area contributed by atoms with Crippen molar-refractivity contribution >= 4 is 39.4 Å². The van der Waals surface area contributed by atoms with Crippen LogP contribution in [0, 0.1) is 6.92 Å². The van der Waals surface area contributed by atoms with Crippen molar-refractivity contribution < 1.29 is 17.8 Å². The summed E-state index contributed by atoms with van der Waals surface area (Å²) in [6.45, 7) is 4.15. The predicted molar refractivity (Wildman–Crippen MR) is 82.5 cm³/mol. The van der Waals surface area contributed by atoms with Crippen molar-refractivity contribution in [1.29, 1.82) is 0 Å². The summed E-state index contributed by atoms with van der Waals surface area (Å²) in [5.41, 5.74) is 8.68. The number of nitrogens with zero attached hydrogens (tertiary/aromatic N) is 1. The highest BCUT2D eigenvalue weighted by Crippen LogP contribution is 2.35. The standard InChI is InChI=1S/C14H16ClN3S.ClH/c1-3-5-9-8(2)18-12-10(6-4-7-11(12)15)13(9)19-14(16)17;/h4,6-7H,3,5H2,1-2H3,(H3,16,17);1H. The van der Waals surface area contributed by atoms with E-state index in [2.05, 4.69) is 11.9 Å². The summed E-state index contributed by atoms with van der Waals surface area (Å²) in [5, 5.41) is 7.68. The highest BCUT2D eigenvalue weighted by molar-refractivity contribution is 8.13. The van der Waals surface area contributed by atoms with Gasteiger partial charge in [0.25, 0.3) is 0 Å². The lowest BCUT2D eigenvalue weighted by molar-refractivity contribution is -0.110. The lowest BCUT2D eigenvalue weighted by atomic mass is 10.1. The number of hydrogen-bond acceptors (Lipinski definition) is 2. The van der Waals surface area contributed by atoms with E-state index in [9.17, 15) is 0 Å². The maximum Gasteiger partial charge on any atom is 0.304 e. The van der Waals surface area contributed by atoms with Gasteiger partial charge in [-0.1, -0.05) is 37.1 Å². The van der Waals surface area contributed by atoms with E-state index in [4.69, 9.17) is 22.7 Å². The first-order valence-electron chi connectivity index (χ1n) is 6.18. The highest BCUT2D eigenvalue weighted by Gasteiger charge is 2.16. The van der Waals surface area contributed by atoms with Gasteiger partial charge in [0, 0.05) is 16.0 Å². The second-order valence-electron chi connectivity index (χ2n) is 4.40. The molecule has 0 aliphatic heterocycles. The zero-order valence-electron chi connectivity index (χ0n) is 11.4. The largest absolute Gasteiger partial charge is 1.00 e. The smallest absolute Gasteiger partial charge is 0.304 e. The van der Waals surface area contributed by atoms with Gasteiger partial charge in [-0.2, -0.15) is 0 Å². The number of para-hydroxylation sites is 1. The van der Waals surface area contributed by atoms with Crippen molar-refractivity contribution in [3.8, 4) is 0 Å². The van der Waals surface area contributed by atoms with Gasteiger partial charge in [0.2, 0.25) is 0 Å². The van der Waals surface area contributed by atoms with Gasteiger partial charge in [0.15, 0.2) is 0 Å². The van der Waals surface area contributed by atoms with Crippen LogP contribution in [0.4, 0.5) is 0 Å². The van der Waals surface area contributed by atoms with E-state index in [1.807, 2.05) is 25.1 Å². The molecule has 0 radical (unpaired) electrons. The number of halogens is 2. The number of nitrogens with two attached hydrogens (primary N) is 2. The predicted octanol–water partition coefficient (Wildman–Crippen LogP) is -0.681. The van der Waals surface area contributed by atoms with Crippen LogP contribution in [-0.2, 0) is 6.42 Å². The van der Waals surface area contributed by atoms with E-state index in [-0.39, 0.29) is 12.4 Å². The molecule has 6 heteroatoms. The number of benzene rings is 1. The second-order valence-corrected chi connectivity index (χ2v) is 5.89. The van der Waals surface area contributed by atoms with Crippen molar-refractivity contribution in [2.45, 2.75) is 31.6 Å². The number of rotatable bonds is 3. The van der Waals surface area contributed by atoms with Crippen molar-refractivity contribution in [2.75, 3.05) is 0 Å². The number of aromatic nitrogens is 1. The van der Waals surface area contributed by atoms with Crippen LogP contribution in [0.1, 0.15) is 24.6 Å². The van der Waals surface area contributed by atoms with Gasteiger partial charge in [-0.25, -0.2) is 0 Å². The molecule has 0 unspecified atom stereocenters. The molecule has 0 bridgehead atoms. The monoisotopic (exact) mass is 329 g/mol. The zero-order valence-corrected chi connectivity index (χ0v) is 13.7. The zero-order chi connectivity index (χ0) is 14.0. The van der Waals surface area contributed by atoms with Crippen LogP contribution >= 0.6 is 23.4 Å². The normalized spacial score (nSPS) is 10.3. The SMILES string of the molecule is CCCc1c(C)nc2c(Cl)cccc2c1SC(N)=[NH2+].[Cl-]. The highest BCUT2D eigenvalue weighted by atomic mass is 35.5. The first kappa shape index (κ1) is 17.1. The third kappa shape index (κ3) is 3.37. The van der Waals surface area contributed by atoms with Crippen LogP contribution in [0.15, 0.2) is 23.1 Å². The lowest BCUT2D eigenvalue weighted by Crippen LogP contribution is -3.00. The summed E-state index contributed by atoms with van der Waals surface area (Å²) in [6, 6.07) is 5.78. The van der Waals surface area contributed by atoms with Crippen LogP contribution in [0.2, 0.25) is 5.02 Å². The first-order valence-corrected chi connectivity index (χ1v) is 7.37. The van der Waals surface area contributed by atoms with Crippen molar-refractivity contribution in [3.05, 3.63) is 34.5 Å². The molecule has 1 heterocycles. The number of aryl methyl sites for hydroxylation is 1. The molecule has 0 saturated carbocycles. The third-order valence-corrected chi connectivity index (χ3v) is 4.15. The maximum absolute atomic E-state index is 6.23. The molecule has 0 saturated heterocycles. The van der Waals surface area contributed by atoms with Crippen molar-refractivity contribution in [1.82, 2.24) is 4.98 Å². The quantitative estimate of drug-likeness (QED) is 0.445. The van der Waals surface area contributed by atoms with Gasteiger partial charge < -0.3 is 12.4 Å². The number of hydrogen-bond donors (Lipinski definition) is 2. The van der Waals surface area contributed by atoms with Gasteiger partial charge in [0.1, 0.15) is 0 Å². The fourth-order valence-electron chi connectivity index (χ4n) is 2.15. The molecule has 0 spiro atoms. The minimum atomic E-state index is 0. The van der Waals surface area contributed by atoms with E-state index >= 15 is 0 Å². The van der Waals surface area contributed by atoms with Crippen molar-refractivity contribution in [2.24, 2.45) is 5.73 Å². The number of thioether (sulfide) groups is 1. The molecular formula is C14H17Cl2N3S. The Labute approximate surface area is 134 Å². The average Bonchev–Trinajstić information content (AvgIpc) is 2.34. The summed E-state index contributed by atoms with van der Waals surface area (Å²) in [7, 11) is 0. The van der Waals surface area contributed by atoms with E-state index in [1.54, 1.807) is 0 Å². The topological polar surface area (TPSA) is 64.5 Å². The van der Waals surface area contributed by atoms with Gasteiger partial charge in [-0.05, 0) is 36.7 Å². The van der Waals surface area contributed by atoms with Crippen LogP contribution in [0.5, 0.6) is 0 Å². The molecule has 0 aliphatic rings. The Morgan fingerprint density at radius 1 is 1.45 bits per heavy atom. The molecule has 108 valence electrons. The summed E-state index contributed by atoms with van der Waals surface area (Å²) < 4.78 is 0. The van der Waals surface area contributed by atoms with Gasteiger partial charge in [0.05, 0.1) is 10.5 Å². The average molecular weight is 330 g/mol. The molecule has 0 amide bonds. The molecule has 20 heavy (non-hydrogen) atoms. The van der Waals surface area contributed by atoms with Crippen LogP contribution in [0.3, 0.4) is 0 Å². The van der Waals surface area contributed by atoms with E-state index in [0.29, 0.717) is 10.2 Å². The minimum absolute atomic E-state index is 0. The van der Waals surface area contributed by atoms with Crippen LogP contribution in [-0.4, -0.2) is 10.2 Å². The van der Waals surface area contributed by atoms with Gasteiger partial charge in [-0.15, -0.1) is 0 Å². The van der Waals surface area contributed by atoms with E-state index in [1.165, 1.54) is 17.3 Å².